The molecule has 22 heavy (non-hydrogen) atoms. The number of guanidine groups is 1. The van der Waals surface area contributed by atoms with Gasteiger partial charge in [0.15, 0.2) is 5.96 Å². The van der Waals surface area contributed by atoms with Crippen LogP contribution in [0, 0.1) is 0 Å². The van der Waals surface area contributed by atoms with E-state index in [1.54, 1.807) is 0 Å². The van der Waals surface area contributed by atoms with Gasteiger partial charge in [-0.3, -0.25) is 14.7 Å². The third-order valence-corrected chi connectivity index (χ3v) is 4.68. The molecule has 0 aromatic rings. The summed E-state index contributed by atoms with van der Waals surface area (Å²) in [6.07, 6.45) is 3.41. The molecule has 2 heterocycles. The van der Waals surface area contributed by atoms with Gasteiger partial charge in [-0.1, -0.05) is 6.92 Å². The third-order valence-electron chi connectivity index (χ3n) is 4.68. The normalized spacial score (nSPS) is 22.0. The minimum absolute atomic E-state index is 0.00543. The van der Waals surface area contributed by atoms with Crippen LogP contribution >= 0.6 is 0 Å². The minimum atomic E-state index is 0.00543. The van der Waals surface area contributed by atoms with Crippen LogP contribution in [0.1, 0.15) is 33.1 Å². The topological polar surface area (TPSA) is 51.2 Å². The molecule has 0 aliphatic carbocycles. The van der Waals surface area contributed by atoms with Crippen LogP contribution in [-0.4, -0.2) is 85.5 Å². The smallest absolute Gasteiger partial charge is 0.239 e. The minimum Gasteiger partial charge on any atom is -0.356 e. The molecular formula is C16H31N5O. The first-order valence-electron chi connectivity index (χ1n) is 8.65. The van der Waals surface area contributed by atoms with E-state index in [2.05, 4.69) is 34.0 Å². The van der Waals surface area contributed by atoms with Gasteiger partial charge in [-0.2, -0.15) is 0 Å². The molecule has 1 N–H and O–H groups in total. The van der Waals surface area contributed by atoms with Gasteiger partial charge in [0.25, 0.3) is 0 Å². The van der Waals surface area contributed by atoms with Crippen molar-refractivity contribution in [2.75, 3.05) is 52.9 Å². The fraction of sp³-hybridized carbons (Fsp3) is 0.875. The zero-order chi connectivity index (χ0) is 15.9. The van der Waals surface area contributed by atoms with Crippen molar-refractivity contribution in [1.29, 1.82) is 0 Å². The summed E-state index contributed by atoms with van der Waals surface area (Å²) in [5, 5.41) is 3.38. The lowest BCUT2D eigenvalue weighted by atomic mass is 10.2. The first-order valence-corrected chi connectivity index (χ1v) is 8.65. The molecule has 6 nitrogen and oxygen atoms in total. The van der Waals surface area contributed by atoms with Gasteiger partial charge in [-0.25, -0.2) is 0 Å². The molecule has 1 unspecified atom stereocenters. The lowest BCUT2D eigenvalue weighted by Gasteiger charge is -2.39. The fourth-order valence-electron chi connectivity index (χ4n) is 3.25. The van der Waals surface area contributed by atoms with E-state index in [9.17, 15) is 4.79 Å². The highest BCUT2D eigenvalue weighted by molar-refractivity contribution is 5.82. The second-order valence-electron chi connectivity index (χ2n) is 6.21. The van der Waals surface area contributed by atoms with Crippen LogP contribution in [0.15, 0.2) is 4.99 Å². The molecular weight excluding hydrogens is 278 g/mol. The second-order valence-corrected chi connectivity index (χ2v) is 6.21. The predicted molar refractivity (Wildman–Crippen MR) is 90.1 cm³/mol. The summed E-state index contributed by atoms with van der Waals surface area (Å²) >= 11 is 0. The Morgan fingerprint density at radius 3 is 2.27 bits per heavy atom. The van der Waals surface area contributed by atoms with E-state index in [4.69, 9.17) is 0 Å². The summed E-state index contributed by atoms with van der Waals surface area (Å²) in [6, 6.07) is 0.00543. The van der Waals surface area contributed by atoms with Crippen molar-refractivity contribution >= 4 is 11.9 Å². The highest BCUT2D eigenvalue weighted by atomic mass is 16.2. The van der Waals surface area contributed by atoms with E-state index in [0.717, 1.165) is 71.0 Å². The van der Waals surface area contributed by atoms with Gasteiger partial charge in [0.05, 0.1) is 6.04 Å². The number of rotatable bonds is 4. The van der Waals surface area contributed by atoms with E-state index in [1.807, 2.05) is 11.9 Å². The maximum absolute atomic E-state index is 12.5. The molecule has 2 saturated heterocycles. The number of aliphatic imine (C=N–C) groups is 1. The number of nitrogens with one attached hydrogen (secondary N) is 1. The Labute approximate surface area is 134 Å². The number of amides is 1. The van der Waals surface area contributed by atoms with Gasteiger partial charge in [0.2, 0.25) is 5.91 Å². The van der Waals surface area contributed by atoms with Crippen LogP contribution < -0.4 is 5.32 Å². The molecule has 0 spiro atoms. The monoisotopic (exact) mass is 309 g/mol. The Bertz CT molecular complexity index is 384. The maximum Gasteiger partial charge on any atom is 0.239 e. The van der Waals surface area contributed by atoms with Crippen molar-refractivity contribution in [2.45, 2.75) is 39.2 Å². The van der Waals surface area contributed by atoms with Gasteiger partial charge in [0, 0.05) is 52.9 Å². The first kappa shape index (κ1) is 17.1. The molecule has 2 aliphatic rings. The summed E-state index contributed by atoms with van der Waals surface area (Å²) in [6.45, 7) is 10.8. The zero-order valence-electron chi connectivity index (χ0n) is 14.3. The van der Waals surface area contributed by atoms with E-state index in [0.29, 0.717) is 5.91 Å². The van der Waals surface area contributed by atoms with E-state index < -0.39 is 0 Å². The Morgan fingerprint density at radius 1 is 1.09 bits per heavy atom. The Balaban J connectivity index is 1.81. The van der Waals surface area contributed by atoms with Crippen molar-refractivity contribution in [3.63, 3.8) is 0 Å². The number of carbonyl (C=O) groups excluding carboxylic acids is 1. The summed E-state index contributed by atoms with van der Waals surface area (Å²) in [5.41, 5.74) is 0. The van der Waals surface area contributed by atoms with Crippen LogP contribution in [0.2, 0.25) is 0 Å². The molecule has 1 atom stereocenters. The molecule has 2 rings (SSSR count). The predicted octanol–water partition coefficient (Wildman–Crippen LogP) is 0.600. The largest absolute Gasteiger partial charge is 0.356 e. The maximum atomic E-state index is 12.5. The van der Waals surface area contributed by atoms with Gasteiger partial charge < -0.3 is 15.1 Å². The number of hydrogen-bond donors (Lipinski definition) is 1. The average molecular weight is 309 g/mol. The fourth-order valence-corrected chi connectivity index (χ4v) is 3.25. The zero-order valence-corrected chi connectivity index (χ0v) is 14.3. The van der Waals surface area contributed by atoms with Gasteiger partial charge in [-0.15, -0.1) is 0 Å². The third kappa shape index (κ3) is 4.12. The molecule has 0 aromatic heterocycles. The van der Waals surface area contributed by atoms with Crippen molar-refractivity contribution in [2.24, 2.45) is 4.99 Å². The molecule has 126 valence electrons. The average Bonchev–Trinajstić information content (AvgIpc) is 3.09. The summed E-state index contributed by atoms with van der Waals surface area (Å²) in [5.74, 6) is 1.29. The van der Waals surface area contributed by atoms with Crippen LogP contribution in [0.4, 0.5) is 0 Å². The van der Waals surface area contributed by atoms with E-state index >= 15 is 0 Å². The van der Waals surface area contributed by atoms with E-state index in [-0.39, 0.29) is 6.04 Å². The Hall–Kier alpha value is -1.30. The molecule has 6 heteroatoms. The molecule has 2 fully saturated rings. The molecule has 1 amide bonds. The molecule has 0 radical (unpaired) electrons. The van der Waals surface area contributed by atoms with Crippen LogP contribution in [-0.2, 0) is 4.79 Å². The number of likely N-dealkylation sites (tertiary alicyclic amines) is 1. The number of carbonyl (C=O) groups is 1. The number of hydrogen-bond acceptors (Lipinski definition) is 3. The van der Waals surface area contributed by atoms with E-state index in [1.165, 1.54) is 0 Å². The number of nitrogens with zero attached hydrogens (tertiary/aromatic N) is 4. The van der Waals surface area contributed by atoms with Crippen LogP contribution in [0.5, 0.6) is 0 Å². The number of piperazine rings is 1. The lowest BCUT2D eigenvalue weighted by molar-refractivity contribution is -0.135. The summed E-state index contributed by atoms with van der Waals surface area (Å²) in [4.78, 5) is 23.5. The van der Waals surface area contributed by atoms with Crippen molar-refractivity contribution < 1.29 is 4.79 Å². The summed E-state index contributed by atoms with van der Waals surface area (Å²) < 4.78 is 0. The first-order chi connectivity index (χ1) is 10.7. The quantitative estimate of drug-likeness (QED) is 0.610. The highest BCUT2D eigenvalue weighted by Crippen LogP contribution is 2.14. The molecule has 2 aliphatic heterocycles. The van der Waals surface area contributed by atoms with Crippen molar-refractivity contribution in [3.05, 3.63) is 0 Å². The molecule has 0 saturated carbocycles. The molecule has 0 bridgehead atoms. The SMILES string of the molecule is CCCNC(=NC)N1CCN(C(C)C(=O)N2CCCC2)CC1. The Morgan fingerprint density at radius 2 is 1.73 bits per heavy atom. The van der Waals surface area contributed by atoms with Crippen LogP contribution in [0.3, 0.4) is 0 Å². The second kappa shape index (κ2) is 8.36. The standard InChI is InChI=1S/C16H31N5O/c1-4-7-18-16(17-3)21-12-10-19(11-13-21)14(2)15(22)20-8-5-6-9-20/h14H,4-13H2,1-3H3,(H,17,18). The Kier molecular flexibility index (Phi) is 6.49. The van der Waals surface area contributed by atoms with Crippen LogP contribution in [0.25, 0.3) is 0 Å². The van der Waals surface area contributed by atoms with Gasteiger partial charge in [0.1, 0.15) is 0 Å². The summed E-state index contributed by atoms with van der Waals surface area (Å²) in [7, 11) is 1.84. The van der Waals surface area contributed by atoms with Crippen molar-refractivity contribution in [3.8, 4) is 0 Å². The van der Waals surface area contributed by atoms with Gasteiger partial charge in [-0.05, 0) is 26.2 Å². The van der Waals surface area contributed by atoms with Gasteiger partial charge >= 0.3 is 0 Å². The van der Waals surface area contributed by atoms with Crippen molar-refractivity contribution in [1.82, 2.24) is 20.0 Å². The highest BCUT2D eigenvalue weighted by Gasteiger charge is 2.30. The molecule has 0 aromatic carbocycles. The lowest BCUT2D eigenvalue weighted by Crippen LogP contribution is -2.57.